The monoisotopic (exact) mass is 243 g/mol. The Labute approximate surface area is 109 Å². The second kappa shape index (κ2) is 6.48. The summed E-state index contributed by atoms with van der Waals surface area (Å²) < 4.78 is 0. The van der Waals surface area contributed by atoms with Crippen molar-refractivity contribution in [2.75, 3.05) is 0 Å². The standard InChI is InChI=1S/C16H21NO/c1-2-3-4-5-6-9-13-12-16(18)14-10-7-8-11-15(14)17-13/h7-8,10-12,14H,2-6,9H2,1H3. The normalized spacial score (nSPS) is 21.6. The van der Waals surface area contributed by atoms with Crippen molar-refractivity contribution in [3.63, 3.8) is 0 Å². The fraction of sp³-hybridized carbons (Fsp3) is 0.500. The van der Waals surface area contributed by atoms with E-state index in [0.717, 1.165) is 24.3 Å². The predicted octanol–water partition coefficient (Wildman–Crippen LogP) is 4.00. The maximum absolute atomic E-state index is 11.9. The Balaban J connectivity index is 1.87. The minimum atomic E-state index is -0.126. The van der Waals surface area contributed by atoms with Gasteiger partial charge in [0.25, 0.3) is 0 Å². The van der Waals surface area contributed by atoms with Gasteiger partial charge in [-0.25, -0.2) is 0 Å². The van der Waals surface area contributed by atoms with Crippen LogP contribution in [-0.4, -0.2) is 11.5 Å². The maximum Gasteiger partial charge on any atom is 0.170 e. The van der Waals surface area contributed by atoms with Crippen molar-refractivity contribution in [2.24, 2.45) is 10.9 Å². The fourth-order valence-electron chi connectivity index (χ4n) is 2.37. The lowest BCUT2D eigenvalue weighted by Crippen LogP contribution is -2.24. The van der Waals surface area contributed by atoms with E-state index in [2.05, 4.69) is 11.9 Å². The summed E-state index contributed by atoms with van der Waals surface area (Å²) in [4.78, 5) is 16.5. The molecular weight excluding hydrogens is 222 g/mol. The zero-order valence-electron chi connectivity index (χ0n) is 11.1. The number of allylic oxidation sites excluding steroid dienone is 6. The number of rotatable bonds is 6. The molecule has 96 valence electrons. The zero-order chi connectivity index (χ0) is 12.8. The van der Waals surface area contributed by atoms with E-state index in [1.54, 1.807) is 6.08 Å². The average molecular weight is 243 g/mol. The van der Waals surface area contributed by atoms with E-state index in [1.165, 1.54) is 25.7 Å². The molecule has 0 aromatic carbocycles. The molecule has 18 heavy (non-hydrogen) atoms. The van der Waals surface area contributed by atoms with Crippen LogP contribution < -0.4 is 0 Å². The van der Waals surface area contributed by atoms with E-state index >= 15 is 0 Å². The van der Waals surface area contributed by atoms with Crippen LogP contribution in [0.2, 0.25) is 0 Å². The van der Waals surface area contributed by atoms with Gasteiger partial charge in [0.05, 0.1) is 11.6 Å². The van der Waals surface area contributed by atoms with Crippen molar-refractivity contribution in [1.29, 1.82) is 0 Å². The second-order valence-corrected chi connectivity index (χ2v) is 4.96. The van der Waals surface area contributed by atoms with Gasteiger partial charge >= 0.3 is 0 Å². The molecule has 0 radical (unpaired) electrons. The summed E-state index contributed by atoms with van der Waals surface area (Å²) in [5.41, 5.74) is 1.87. The van der Waals surface area contributed by atoms with Gasteiger partial charge in [-0.05, 0) is 18.9 Å². The van der Waals surface area contributed by atoms with Gasteiger partial charge in [-0.1, -0.05) is 50.8 Å². The highest BCUT2D eigenvalue weighted by atomic mass is 16.1. The second-order valence-electron chi connectivity index (χ2n) is 4.96. The molecule has 1 aliphatic carbocycles. The first-order valence-corrected chi connectivity index (χ1v) is 6.99. The summed E-state index contributed by atoms with van der Waals surface area (Å²) in [5.74, 6) is 0.0583. The SMILES string of the molecule is CCCCCCCC1=CC(=O)C2C=CC=CC2=N1. The highest BCUT2D eigenvalue weighted by molar-refractivity contribution is 6.18. The van der Waals surface area contributed by atoms with Gasteiger partial charge in [-0.15, -0.1) is 0 Å². The third-order valence-corrected chi connectivity index (χ3v) is 3.42. The van der Waals surface area contributed by atoms with Crippen LogP contribution in [0.15, 0.2) is 41.1 Å². The number of aliphatic imine (C=N–C) groups is 1. The molecule has 0 spiro atoms. The van der Waals surface area contributed by atoms with Crippen LogP contribution in [0.25, 0.3) is 0 Å². The quantitative estimate of drug-likeness (QED) is 0.648. The first-order chi connectivity index (χ1) is 8.81. The van der Waals surface area contributed by atoms with Crippen LogP contribution in [-0.2, 0) is 4.79 Å². The summed E-state index contributed by atoms with van der Waals surface area (Å²) in [6.45, 7) is 2.22. The van der Waals surface area contributed by atoms with Gasteiger partial charge in [-0.2, -0.15) is 0 Å². The number of unbranched alkanes of at least 4 members (excludes halogenated alkanes) is 4. The van der Waals surface area contributed by atoms with Crippen LogP contribution >= 0.6 is 0 Å². The molecule has 1 unspecified atom stereocenters. The van der Waals surface area contributed by atoms with Crippen molar-refractivity contribution in [3.05, 3.63) is 36.1 Å². The molecule has 2 rings (SSSR count). The number of hydrogen-bond acceptors (Lipinski definition) is 2. The summed E-state index contributed by atoms with van der Waals surface area (Å²) in [6.07, 6.45) is 16.7. The van der Waals surface area contributed by atoms with Crippen molar-refractivity contribution in [2.45, 2.75) is 45.4 Å². The molecule has 0 N–H and O–H groups in total. The molecular formula is C16H21NO. The number of fused-ring (bicyclic) bond motifs is 1. The molecule has 1 atom stereocenters. The Bertz CT molecular complexity index is 426. The molecule has 0 aromatic heterocycles. The Hall–Kier alpha value is -1.44. The maximum atomic E-state index is 11.9. The predicted molar refractivity (Wildman–Crippen MR) is 75.7 cm³/mol. The van der Waals surface area contributed by atoms with E-state index < -0.39 is 0 Å². The molecule has 0 fully saturated rings. The number of hydrogen-bond donors (Lipinski definition) is 0. The Morgan fingerprint density at radius 2 is 2.00 bits per heavy atom. The summed E-state index contributed by atoms with van der Waals surface area (Å²) in [6, 6.07) is 0. The molecule has 0 saturated heterocycles. The lowest BCUT2D eigenvalue weighted by Gasteiger charge is -2.18. The van der Waals surface area contributed by atoms with Gasteiger partial charge in [-0.3, -0.25) is 9.79 Å². The van der Waals surface area contributed by atoms with E-state index in [0.29, 0.717) is 0 Å². The molecule has 1 heterocycles. The number of carbonyl (C=O) groups is 1. The molecule has 0 bridgehead atoms. The minimum absolute atomic E-state index is 0.126. The van der Waals surface area contributed by atoms with Crippen LogP contribution in [0.4, 0.5) is 0 Å². The van der Waals surface area contributed by atoms with Crippen LogP contribution in [0.1, 0.15) is 45.4 Å². The number of carbonyl (C=O) groups excluding carboxylic acids is 1. The largest absolute Gasteiger partial charge is 0.294 e. The van der Waals surface area contributed by atoms with Crippen molar-refractivity contribution in [3.8, 4) is 0 Å². The third kappa shape index (κ3) is 3.28. The lowest BCUT2D eigenvalue weighted by atomic mass is 9.90. The van der Waals surface area contributed by atoms with Gasteiger partial charge in [0.1, 0.15) is 0 Å². The first kappa shape index (κ1) is 13.0. The topological polar surface area (TPSA) is 29.4 Å². The van der Waals surface area contributed by atoms with Gasteiger partial charge < -0.3 is 0 Å². The van der Waals surface area contributed by atoms with E-state index in [1.807, 2.05) is 24.3 Å². The molecule has 0 aromatic rings. The molecule has 2 heteroatoms. The lowest BCUT2D eigenvalue weighted by molar-refractivity contribution is -0.115. The van der Waals surface area contributed by atoms with E-state index in [9.17, 15) is 4.79 Å². The summed E-state index contributed by atoms with van der Waals surface area (Å²) in [7, 11) is 0. The summed E-state index contributed by atoms with van der Waals surface area (Å²) >= 11 is 0. The fourth-order valence-corrected chi connectivity index (χ4v) is 2.37. The first-order valence-electron chi connectivity index (χ1n) is 6.99. The smallest absolute Gasteiger partial charge is 0.170 e. The van der Waals surface area contributed by atoms with Crippen LogP contribution in [0.5, 0.6) is 0 Å². The molecule has 2 nitrogen and oxygen atoms in total. The van der Waals surface area contributed by atoms with Gasteiger partial charge in [0.2, 0.25) is 0 Å². The third-order valence-electron chi connectivity index (χ3n) is 3.42. The Morgan fingerprint density at radius 1 is 1.17 bits per heavy atom. The highest BCUT2D eigenvalue weighted by Crippen LogP contribution is 2.22. The number of nitrogens with zero attached hydrogens (tertiary/aromatic N) is 1. The van der Waals surface area contributed by atoms with Gasteiger partial charge in [0.15, 0.2) is 5.78 Å². The van der Waals surface area contributed by atoms with Crippen molar-refractivity contribution < 1.29 is 4.79 Å². The molecule has 0 amide bonds. The molecule has 1 aliphatic heterocycles. The molecule has 2 aliphatic rings. The number of ketones is 1. The Morgan fingerprint density at radius 3 is 2.83 bits per heavy atom. The van der Waals surface area contributed by atoms with E-state index in [4.69, 9.17) is 0 Å². The van der Waals surface area contributed by atoms with Crippen LogP contribution in [0.3, 0.4) is 0 Å². The van der Waals surface area contributed by atoms with Crippen molar-refractivity contribution >= 4 is 11.5 Å². The summed E-state index contributed by atoms with van der Waals surface area (Å²) in [5, 5.41) is 0. The van der Waals surface area contributed by atoms with Crippen LogP contribution in [0, 0.1) is 5.92 Å². The zero-order valence-corrected chi connectivity index (χ0v) is 11.1. The average Bonchev–Trinajstić information content (AvgIpc) is 2.39. The molecule has 0 saturated carbocycles. The van der Waals surface area contributed by atoms with E-state index in [-0.39, 0.29) is 11.7 Å². The van der Waals surface area contributed by atoms with Gasteiger partial charge in [0, 0.05) is 11.8 Å². The Kier molecular flexibility index (Phi) is 4.68. The minimum Gasteiger partial charge on any atom is -0.294 e. The van der Waals surface area contributed by atoms with Crippen molar-refractivity contribution in [1.82, 2.24) is 0 Å². The highest BCUT2D eigenvalue weighted by Gasteiger charge is 2.24.